The third-order valence-corrected chi connectivity index (χ3v) is 10.3. The Morgan fingerprint density at radius 3 is 1.78 bits per heavy atom. The number of hydrogen-bond donors (Lipinski definition) is 0. The molecule has 10 rings (SSSR count). The maximum absolute atomic E-state index is 5.52. The van der Waals surface area contributed by atoms with Gasteiger partial charge >= 0.3 is 0 Å². The zero-order valence-electron chi connectivity index (χ0n) is 26.7. The molecule has 1 aliphatic carbocycles. The highest BCUT2D eigenvalue weighted by Crippen LogP contribution is 2.58. The van der Waals surface area contributed by atoms with Crippen LogP contribution in [-0.2, 0) is 5.41 Å². The Kier molecular flexibility index (Phi) is 6.13. The summed E-state index contributed by atoms with van der Waals surface area (Å²) in [6.07, 6.45) is 0. The van der Waals surface area contributed by atoms with E-state index in [1.54, 1.807) is 0 Å². The van der Waals surface area contributed by atoms with E-state index in [0.717, 1.165) is 49.7 Å². The Balaban J connectivity index is 1.34. The van der Waals surface area contributed by atoms with Crippen LogP contribution < -0.4 is 0 Å². The van der Waals surface area contributed by atoms with Crippen molar-refractivity contribution in [1.82, 2.24) is 9.97 Å². The van der Waals surface area contributed by atoms with Crippen molar-refractivity contribution < 1.29 is 0 Å². The number of fused-ring (bicyclic) bond motifs is 8. The minimum absolute atomic E-state index is 0.500. The van der Waals surface area contributed by atoms with Gasteiger partial charge in [0.15, 0.2) is 0 Å². The fourth-order valence-electron chi connectivity index (χ4n) is 8.29. The van der Waals surface area contributed by atoms with Crippen LogP contribution >= 0.6 is 0 Å². The fourth-order valence-corrected chi connectivity index (χ4v) is 8.29. The second-order valence-corrected chi connectivity index (χ2v) is 12.9. The van der Waals surface area contributed by atoms with Crippen LogP contribution in [0.5, 0.6) is 0 Å². The molecule has 9 aromatic rings. The number of aromatic nitrogens is 2. The number of hydrogen-bond acceptors (Lipinski definition) is 2. The number of rotatable bonds is 4. The largest absolute Gasteiger partial charge is 0.244 e. The SMILES string of the molecule is c1ccc(-c2nc3ccc4ccccc4c3nc2-c2cccc3c4c(ccc23)-c2ccccc2C4(c2ccccc2)c2ccccc2)cc1. The van der Waals surface area contributed by atoms with E-state index in [1.807, 2.05) is 0 Å². The molecule has 0 spiro atoms. The summed E-state index contributed by atoms with van der Waals surface area (Å²) < 4.78 is 0. The molecule has 0 aliphatic heterocycles. The molecular formula is C47H30N2. The summed E-state index contributed by atoms with van der Waals surface area (Å²) in [6, 6.07) is 65.5. The number of benzene rings is 8. The van der Waals surface area contributed by atoms with Crippen LogP contribution in [-0.4, -0.2) is 9.97 Å². The predicted octanol–water partition coefficient (Wildman–Crippen LogP) is 11.6. The topological polar surface area (TPSA) is 25.8 Å². The highest BCUT2D eigenvalue weighted by atomic mass is 14.8. The molecule has 0 radical (unpaired) electrons. The van der Waals surface area contributed by atoms with Crippen LogP contribution in [0.25, 0.3) is 66.2 Å². The molecule has 228 valence electrons. The van der Waals surface area contributed by atoms with Crippen molar-refractivity contribution in [1.29, 1.82) is 0 Å². The van der Waals surface area contributed by atoms with Crippen molar-refractivity contribution in [3.63, 3.8) is 0 Å². The van der Waals surface area contributed by atoms with Gasteiger partial charge in [0, 0.05) is 16.5 Å². The lowest BCUT2D eigenvalue weighted by atomic mass is 9.66. The average Bonchev–Trinajstić information content (AvgIpc) is 3.50. The molecule has 0 N–H and O–H groups in total. The van der Waals surface area contributed by atoms with Gasteiger partial charge in [0.25, 0.3) is 0 Å². The Morgan fingerprint density at radius 1 is 0.367 bits per heavy atom. The van der Waals surface area contributed by atoms with Gasteiger partial charge in [-0.25, -0.2) is 9.97 Å². The first kappa shape index (κ1) is 27.7. The van der Waals surface area contributed by atoms with E-state index in [2.05, 4.69) is 182 Å². The molecule has 0 atom stereocenters. The van der Waals surface area contributed by atoms with E-state index in [9.17, 15) is 0 Å². The molecule has 1 heterocycles. The second kappa shape index (κ2) is 10.8. The second-order valence-electron chi connectivity index (χ2n) is 12.9. The van der Waals surface area contributed by atoms with E-state index < -0.39 is 5.41 Å². The van der Waals surface area contributed by atoms with E-state index in [1.165, 1.54) is 38.8 Å². The van der Waals surface area contributed by atoms with Crippen molar-refractivity contribution in [3.05, 3.63) is 204 Å². The van der Waals surface area contributed by atoms with Gasteiger partial charge in [0.1, 0.15) is 0 Å². The van der Waals surface area contributed by atoms with Crippen molar-refractivity contribution in [3.8, 4) is 33.6 Å². The maximum atomic E-state index is 5.52. The molecule has 8 aromatic carbocycles. The lowest BCUT2D eigenvalue weighted by Crippen LogP contribution is -2.28. The Labute approximate surface area is 285 Å². The van der Waals surface area contributed by atoms with Crippen molar-refractivity contribution in [2.24, 2.45) is 0 Å². The summed E-state index contributed by atoms with van der Waals surface area (Å²) in [5.74, 6) is 0. The Morgan fingerprint density at radius 2 is 1.00 bits per heavy atom. The first-order chi connectivity index (χ1) is 24.3. The van der Waals surface area contributed by atoms with Crippen LogP contribution in [0.4, 0.5) is 0 Å². The highest BCUT2D eigenvalue weighted by molar-refractivity contribution is 6.09. The highest BCUT2D eigenvalue weighted by Gasteiger charge is 2.47. The predicted molar refractivity (Wildman–Crippen MR) is 203 cm³/mol. The van der Waals surface area contributed by atoms with E-state index in [4.69, 9.17) is 9.97 Å². The summed E-state index contributed by atoms with van der Waals surface area (Å²) in [4.78, 5) is 10.9. The standard InChI is InChI=1S/C47H30N2/c1-4-16-32(17-5-1)44-46(49-45-35-22-11-10-15-31(35)27-30-42(45)48-44)40-25-14-24-38-36(40)28-29-39-37-23-12-13-26-41(37)47(43(38)39,33-18-6-2-7-19-33)34-20-8-3-9-21-34/h1-30H. The third-order valence-electron chi connectivity index (χ3n) is 10.3. The van der Waals surface area contributed by atoms with Gasteiger partial charge in [-0.05, 0) is 55.6 Å². The smallest absolute Gasteiger partial charge is 0.0979 e. The van der Waals surface area contributed by atoms with Gasteiger partial charge in [-0.2, -0.15) is 0 Å². The molecule has 2 nitrogen and oxygen atoms in total. The molecule has 1 aliphatic rings. The van der Waals surface area contributed by atoms with Gasteiger partial charge < -0.3 is 0 Å². The lowest BCUT2D eigenvalue weighted by Gasteiger charge is -2.34. The third kappa shape index (κ3) is 4.01. The summed E-state index contributed by atoms with van der Waals surface area (Å²) in [7, 11) is 0. The first-order valence-electron chi connectivity index (χ1n) is 16.8. The molecule has 0 unspecified atom stereocenters. The van der Waals surface area contributed by atoms with Crippen LogP contribution in [0, 0.1) is 0 Å². The summed E-state index contributed by atoms with van der Waals surface area (Å²) in [6.45, 7) is 0. The first-order valence-corrected chi connectivity index (χ1v) is 16.8. The van der Waals surface area contributed by atoms with Gasteiger partial charge in [0.2, 0.25) is 0 Å². The summed E-state index contributed by atoms with van der Waals surface area (Å²) in [5, 5.41) is 4.65. The minimum atomic E-state index is -0.500. The zero-order valence-corrected chi connectivity index (χ0v) is 26.7. The molecule has 49 heavy (non-hydrogen) atoms. The van der Waals surface area contributed by atoms with Crippen LogP contribution in [0.1, 0.15) is 22.3 Å². The molecule has 0 saturated carbocycles. The molecule has 0 saturated heterocycles. The van der Waals surface area contributed by atoms with E-state index in [-0.39, 0.29) is 0 Å². The zero-order chi connectivity index (χ0) is 32.4. The molecule has 1 aromatic heterocycles. The van der Waals surface area contributed by atoms with Crippen LogP contribution in [0.2, 0.25) is 0 Å². The van der Waals surface area contributed by atoms with Gasteiger partial charge in [0.05, 0.1) is 27.8 Å². The van der Waals surface area contributed by atoms with Crippen LogP contribution in [0.3, 0.4) is 0 Å². The summed E-state index contributed by atoms with van der Waals surface area (Å²) >= 11 is 0. The van der Waals surface area contributed by atoms with E-state index >= 15 is 0 Å². The number of nitrogens with zero attached hydrogens (tertiary/aromatic N) is 2. The molecule has 0 bridgehead atoms. The summed E-state index contributed by atoms with van der Waals surface area (Å²) in [5.41, 5.74) is 12.9. The molecule has 0 amide bonds. The average molecular weight is 623 g/mol. The van der Waals surface area contributed by atoms with Crippen molar-refractivity contribution >= 4 is 32.6 Å². The Hall–Kier alpha value is -6.38. The molecular weight excluding hydrogens is 593 g/mol. The van der Waals surface area contributed by atoms with Crippen LogP contribution in [0.15, 0.2) is 182 Å². The van der Waals surface area contributed by atoms with Crippen molar-refractivity contribution in [2.45, 2.75) is 5.41 Å². The van der Waals surface area contributed by atoms with E-state index in [0.29, 0.717) is 0 Å². The lowest BCUT2D eigenvalue weighted by molar-refractivity contribution is 0.775. The van der Waals surface area contributed by atoms with Gasteiger partial charge in [-0.3, -0.25) is 0 Å². The Bertz CT molecular complexity index is 2660. The van der Waals surface area contributed by atoms with Gasteiger partial charge in [-0.1, -0.05) is 176 Å². The quantitative estimate of drug-likeness (QED) is 0.183. The van der Waals surface area contributed by atoms with Gasteiger partial charge in [-0.15, -0.1) is 0 Å². The molecule has 0 fully saturated rings. The monoisotopic (exact) mass is 622 g/mol. The van der Waals surface area contributed by atoms with Crippen molar-refractivity contribution in [2.75, 3.05) is 0 Å². The fraction of sp³-hybridized carbons (Fsp3) is 0.0213. The molecule has 2 heteroatoms. The normalized spacial score (nSPS) is 13.1. The minimum Gasteiger partial charge on any atom is -0.244 e. The maximum Gasteiger partial charge on any atom is 0.0979 e.